The van der Waals surface area contributed by atoms with Crippen LogP contribution in [0.2, 0.25) is 0 Å². The van der Waals surface area contributed by atoms with E-state index in [2.05, 4.69) is 11.1 Å². The first-order chi connectivity index (χ1) is 12.4. The Kier molecular flexibility index (Phi) is 4.09. The van der Waals surface area contributed by atoms with Crippen molar-refractivity contribution >= 4 is 46.6 Å². The van der Waals surface area contributed by atoms with E-state index in [0.717, 1.165) is 28.1 Å². The highest BCUT2D eigenvalue weighted by atomic mass is 32.1. The molecule has 2 heterocycles. The van der Waals surface area contributed by atoms with Gasteiger partial charge >= 0.3 is 0 Å². The van der Waals surface area contributed by atoms with Gasteiger partial charge in [0, 0.05) is 16.8 Å². The Morgan fingerprint density at radius 3 is 2.77 bits per heavy atom. The van der Waals surface area contributed by atoms with Crippen molar-refractivity contribution in [3.8, 4) is 11.6 Å². The molecule has 6 heteroatoms. The van der Waals surface area contributed by atoms with Crippen LogP contribution >= 0.6 is 23.6 Å². The van der Waals surface area contributed by atoms with Gasteiger partial charge in [-0.25, -0.2) is 4.39 Å². The van der Waals surface area contributed by atoms with Gasteiger partial charge in [0.2, 0.25) is 5.88 Å². The summed E-state index contributed by atoms with van der Waals surface area (Å²) in [6.07, 6.45) is 1.90. The number of rotatable bonds is 2. The molecule has 130 valence electrons. The quantitative estimate of drug-likeness (QED) is 0.546. The molecule has 3 nitrogen and oxygen atoms in total. The van der Waals surface area contributed by atoms with Gasteiger partial charge in [-0.2, -0.15) is 0 Å². The molecular weight excluding hydrogens is 367 g/mol. The average molecular weight is 382 g/mol. The summed E-state index contributed by atoms with van der Waals surface area (Å²) in [5.41, 5.74) is 5.46. The summed E-state index contributed by atoms with van der Waals surface area (Å²) >= 11 is 6.68. The Morgan fingerprint density at radius 2 is 2.00 bits per heavy atom. The smallest absolute Gasteiger partial charge is 0.215 e. The van der Waals surface area contributed by atoms with Gasteiger partial charge in [-0.1, -0.05) is 17.7 Å². The summed E-state index contributed by atoms with van der Waals surface area (Å²) in [7, 11) is 0. The lowest BCUT2D eigenvalue weighted by molar-refractivity contribution is 0.441. The number of halogens is 1. The van der Waals surface area contributed by atoms with Crippen molar-refractivity contribution in [1.82, 2.24) is 4.57 Å². The minimum Gasteiger partial charge on any atom is -0.493 e. The van der Waals surface area contributed by atoms with Crippen LogP contribution in [0.4, 0.5) is 10.1 Å². The van der Waals surface area contributed by atoms with Crippen LogP contribution in [0.15, 0.2) is 47.5 Å². The molecule has 0 amide bonds. The molecule has 1 aliphatic heterocycles. The minimum absolute atomic E-state index is 0.00648. The van der Waals surface area contributed by atoms with Gasteiger partial charge in [0.05, 0.1) is 16.3 Å². The van der Waals surface area contributed by atoms with Crippen molar-refractivity contribution in [1.29, 1.82) is 0 Å². The topological polar surface area (TPSA) is 37.5 Å². The average Bonchev–Trinajstić information content (AvgIpc) is 3.04. The molecule has 1 aromatic heterocycles. The second kappa shape index (κ2) is 6.30. The monoisotopic (exact) mass is 382 g/mol. The second-order valence-corrected chi connectivity index (χ2v) is 7.82. The number of aliphatic imine (C=N–C) groups is 1. The van der Waals surface area contributed by atoms with Crippen LogP contribution in [0.1, 0.15) is 22.9 Å². The number of fused-ring (bicyclic) bond motifs is 1. The van der Waals surface area contributed by atoms with Gasteiger partial charge in [-0.05, 0) is 62.5 Å². The van der Waals surface area contributed by atoms with E-state index in [1.807, 2.05) is 32.1 Å². The van der Waals surface area contributed by atoms with Crippen molar-refractivity contribution < 1.29 is 9.50 Å². The van der Waals surface area contributed by atoms with E-state index in [4.69, 9.17) is 12.2 Å². The van der Waals surface area contributed by atoms with Gasteiger partial charge in [0.25, 0.3) is 0 Å². The van der Waals surface area contributed by atoms with Gasteiger partial charge in [0.1, 0.15) is 5.82 Å². The Bertz CT molecular complexity index is 1150. The third-order valence-electron chi connectivity index (χ3n) is 4.27. The zero-order chi connectivity index (χ0) is 18.4. The number of benzene rings is 2. The Balaban J connectivity index is 1.86. The molecule has 0 saturated heterocycles. The molecular formula is C20H15FN2OS2. The number of thiazole rings is 1. The standard InChI is InChI=1S/C20H15FN2OS2/c1-11-6-7-17-16(8-11)15(12(2)22-17)10-18-19(24)23(20(25)26-18)14-5-3-4-13(21)9-14/h3-10,24H,1-2H3/b15-10-. The molecule has 0 saturated carbocycles. The third kappa shape index (κ3) is 2.81. The fraction of sp³-hybridized carbons (Fsp3) is 0.100. The van der Waals surface area contributed by atoms with Gasteiger partial charge < -0.3 is 5.11 Å². The molecule has 0 spiro atoms. The lowest BCUT2D eigenvalue weighted by Crippen LogP contribution is -1.94. The lowest BCUT2D eigenvalue weighted by atomic mass is 10.0. The number of aryl methyl sites for hydroxylation is 1. The van der Waals surface area contributed by atoms with Crippen molar-refractivity contribution in [3.63, 3.8) is 0 Å². The molecule has 1 N–H and O–H groups in total. The molecule has 0 fully saturated rings. The fourth-order valence-electron chi connectivity index (χ4n) is 3.03. The number of aromatic hydroxyl groups is 1. The first-order valence-electron chi connectivity index (χ1n) is 8.03. The maximum atomic E-state index is 13.6. The lowest BCUT2D eigenvalue weighted by Gasteiger charge is -2.05. The van der Waals surface area contributed by atoms with Crippen LogP contribution in [0, 0.1) is 16.7 Å². The molecule has 0 bridgehead atoms. The summed E-state index contributed by atoms with van der Waals surface area (Å²) in [5, 5.41) is 10.7. The number of hydrogen-bond acceptors (Lipinski definition) is 4. The molecule has 0 unspecified atom stereocenters. The Hall–Kier alpha value is -2.57. The Labute approximate surface area is 159 Å². The number of aromatic nitrogens is 1. The molecule has 26 heavy (non-hydrogen) atoms. The van der Waals surface area contributed by atoms with Crippen LogP contribution in [-0.2, 0) is 0 Å². The highest BCUT2D eigenvalue weighted by Gasteiger charge is 2.20. The maximum absolute atomic E-state index is 13.6. The minimum atomic E-state index is -0.377. The zero-order valence-electron chi connectivity index (χ0n) is 14.2. The largest absolute Gasteiger partial charge is 0.493 e. The molecule has 1 aliphatic rings. The first-order valence-corrected chi connectivity index (χ1v) is 9.25. The van der Waals surface area contributed by atoms with E-state index in [9.17, 15) is 9.50 Å². The number of allylic oxidation sites excluding steroid dienone is 1. The van der Waals surface area contributed by atoms with E-state index in [-0.39, 0.29) is 11.7 Å². The second-order valence-electron chi connectivity index (χ2n) is 6.15. The summed E-state index contributed by atoms with van der Waals surface area (Å²) in [4.78, 5) is 5.21. The van der Waals surface area contributed by atoms with Crippen LogP contribution in [0.3, 0.4) is 0 Å². The summed E-state index contributed by atoms with van der Waals surface area (Å²) in [6.45, 7) is 3.98. The van der Waals surface area contributed by atoms with Crippen LogP contribution in [-0.4, -0.2) is 15.4 Å². The Morgan fingerprint density at radius 1 is 1.19 bits per heavy atom. The molecule has 3 aromatic rings. The third-order valence-corrected chi connectivity index (χ3v) is 5.58. The van der Waals surface area contributed by atoms with E-state index < -0.39 is 0 Å². The molecule has 0 atom stereocenters. The summed E-state index contributed by atoms with van der Waals surface area (Å²) < 4.78 is 15.5. The van der Waals surface area contributed by atoms with E-state index in [1.165, 1.54) is 28.0 Å². The number of hydrogen-bond donors (Lipinski definition) is 1. The molecule has 4 rings (SSSR count). The highest BCUT2D eigenvalue weighted by molar-refractivity contribution is 7.73. The first kappa shape index (κ1) is 16.9. The highest BCUT2D eigenvalue weighted by Crippen LogP contribution is 2.39. The maximum Gasteiger partial charge on any atom is 0.215 e. The van der Waals surface area contributed by atoms with Gasteiger partial charge in [-0.15, -0.1) is 11.3 Å². The molecule has 0 radical (unpaired) electrons. The predicted molar refractivity (Wildman–Crippen MR) is 108 cm³/mol. The van der Waals surface area contributed by atoms with Crippen molar-refractivity contribution in [2.24, 2.45) is 4.99 Å². The SMILES string of the molecule is CC1=Nc2ccc(C)cc2/C1=C\c1sc(=S)n(-c2cccc(F)c2)c1O. The van der Waals surface area contributed by atoms with Gasteiger partial charge in [-0.3, -0.25) is 9.56 Å². The summed E-state index contributed by atoms with van der Waals surface area (Å²) in [5.74, 6) is -0.370. The van der Waals surface area contributed by atoms with Crippen LogP contribution in [0.5, 0.6) is 5.88 Å². The van der Waals surface area contributed by atoms with Crippen LogP contribution in [0.25, 0.3) is 17.3 Å². The fourth-order valence-corrected chi connectivity index (χ4v) is 4.32. The van der Waals surface area contributed by atoms with E-state index in [0.29, 0.717) is 14.5 Å². The van der Waals surface area contributed by atoms with E-state index >= 15 is 0 Å². The zero-order valence-corrected chi connectivity index (χ0v) is 15.8. The van der Waals surface area contributed by atoms with Crippen molar-refractivity contribution in [2.75, 3.05) is 0 Å². The predicted octanol–water partition coefficient (Wildman–Crippen LogP) is 6.07. The van der Waals surface area contributed by atoms with E-state index in [1.54, 1.807) is 12.1 Å². The van der Waals surface area contributed by atoms with Gasteiger partial charge in [0.15, 0.2) is 3.95 Å². The molecule has 0 aliphatic carbocycles. The summed E-state index contributed by atoms with van der Waals surface area (Å²) in [6, 6.07) is 12.1. The molecule has 2 aromatic carbocycles. The normalized spacial score (nSPS) is 14.6. The van der Waals surface area contributed by atoms with Crippen LogP contribution < -0.4 is 0 Å². The van der Waals surface area contributed by atoms with Crippen molar-refractivity contribution in [2.45, 2.75) is 13.8 Å². The number of nitrogens with zero attached hydrogens (tertiary/aromatic N) is 2. The van der Waals surface area contributed by atoms with Crippen molar-refractivity contribution in [3.05, 3.63) is 68.2 Å².